The van der Waals surface area contributed by atoms with Crippen LogP contribution in [-0.2, 0) is 16.6 Å². The lowest BCUT2D eigenvalue weighted by atomic mass is 10.2. The van der Waals surface area contributed by atoms with Gasteiger partial charge in [0.1, 0.15) is 5.82 Å². The van der Waals surface area contributed by atoms with Crippen molar-refractivity contribution in [1.29, 1.82) is 0 Å². The number of sulfonamides is 1. The normalized spacial score (nSPS) is 18.4. The summed E-state index contributed by atoms with van der Waals surface area (Å²) in [4.78, 5) is 2.14. The maximum atomic E-state index is 13.1. The summed E-state index contributed by atoms with van der Waals surface area (Å²) in [5.41, 5.74) is 0.934. The van der Waals surface area contributed by atoms with Gasteiger partial charge in [-0.2, -0.15) is 4.31 Å². The molecule has 0 saturated carbocycles. The Kier molecular flexibility index (Phi) is 5.01. The van der Waals surface area contributed by atoms with Gasteiger partial charge in [0.25, 0.3) is 0 Å². The van der Waals surface area contributed by atoms with Crippen LogP contribution in [0.5, 0.6) is 0 Å². The lowest BCUT2D eigenvalue weighted by Gasteiger charge is -2.33. The molecule has 1 aromatic carbocycles. The first kappa shape index (κ1) is 15.7. The fourth-order valence-electron chi connectivity index (χ4n) is 2.24. The van der Waals surface area contributed by atoms with Gasteiger partial charge in [-0.25, -0.2) is 12.8 Å². The topological polar surface area (TPSA) is 40.6 Å². The molecule has 0 aromatic heterocycles. The first-order valence-electron chi connectivity index (χ1n) is 6.56. The molecule has 0 aliphatic carbocycles. The number of piperazine rings is 1. The number of hydrogen-bond donors (Lipinski definition) is 0. The molecular weight excluding hydrogens is 303 g/mol. The third kappa shape index (κ3) is 3.69. The predicted octanol–water partition coefficient (Wildman–Crippen LogP) is 1.95. The van der Waals surface area contributed by atoms with Gasteiger partial charge < -0.3 is 0 Å². The molecule has 0 unspecified atom stereocenters. The highest BCUT2D eigenvalue weighted by Gasteiger charge is 2.25. The van der Waals surface area contributed by atoms with E-state index in [1.54, 1.807) is 19.1 Å². The quantitative estimate of drug-likeness (QED) is 0.851. The van der Waals surface area contributed by atoms with Gasteiger partial charge in [0.05, 0.1) is 10.8 Å². The zero-order valence-corrected chi connectivity index (χ0v) is 12.9. The minimum Gasteiger partial charge on any atom is -0.296 e. The fourth-order valence-corrected chi connectivity index (χ4v) is 3.53. The van der Waals surface area contributed by atoms with Crippen molar-refractivity contribution in [3.63, 3.8) is 0 Å². The van der Waals surface area contributed by atoms with Crippen molar-refractivity contribution >= 4 is 21.6 Å². The van der Waals surface area contributed by atoms with E-state index in [1.807, 2.05) is 0 Å². The van der Waals surface area contributed by atoms with Gasteiger partial charge in [-0.15, -0.1) is 0 Å². The second-order valence-electron chi connectivity index (χ2n) is 4.82. The van der Waals surface area contributed by atoms with Crippen molar-refractivity contribution in [2.45, 2.75) is 13.5 Å². The highest BCUT2D eigenvalue weighted by Crippen LogP contribution is 2.18. The number of benzene rings is 1. The van der Waals surface area contributed by atoms with Crippen LogP contribution in [0, 0.1) is 5.82 Å². The predicted molar refractivity (Wildman–Crippen MR) is 77.7 cm³/mol. The number of hydrogen-bond acceptors (Lipinski definition) is 3. The van der Waals surface area contributed by atoms with E-state index < -0.39 is 15.8 Å². The largest absolute Gasteiger partial charge is 0.296 e. The summed E-state index contributed by atoms with van der Waals surface area (Å²) in [6.07, 6.45) is 0. The van der Waals surface area contributed by atoms with Gasteiger partial charge in [-0.3, -0.25) is 4.90 Å². The monoisotopic (exact) mass is 320 g/mol. The Labute approximate surface area is 124 Å². The van der Waals surface area contributed by atoms with Crippen molar-refractivity contribution in [2.24, 2.45) is 0 Å². The molecule has 1 saturated heterocycles. The van der Waals surface area contributed by atoms with Crippen LogP contribution in [0.1, 0.15) is 12.5 Å². The highest BCUT2D eigenvalue weighted by atomic mass is 35.5. The van der Waals surface area contributed by atoms with Crippen LogP contribution in [0.2, 0.25) is 5.02 Å². The van der Waals surface area contributed by atoms with Crippen LogP contribution in [0.4, 0.5) is 4.39 Å². The zero-order chi connectivity index (χ0) is 14.8. The van der Waals surface area contributed by atoms with Crippen LogP contribution >= 0.6 is 11.6 Å². The number of halogens is 2. The number of nitrogens with zero attached hydrogens (tertiary/aromatic N) is 2. The van der Waals surface area contributed by atoms with E-state index in [9.17, 15) is 12.8 Å². The fraction of sp³-hybridized carbons (Fsp3) is 0.538. The molecule has 7 heteroatoms. The van der Waals surface area contributed by atoms with Gasteiger partial charge >= 0.3 is 0 Å². The lowest BCUT2D eigenvalue weighted by Crippen LogP contribution is -2.48. The molecule has 0 bridgehead atoms. The van der Waals surface area contributed by atoms with Gasteiger partial charge in [-0.1, -0.05) is 17.7 Å². The van der Waals surface area contributed by atoms with Crippen molar-refractivity contribution in [1.82, 2.24) is 9.21 Å². The standard InChI is InChI=1S/C13H18ClFN2O2S/c1-2-20(18,19)17-7-5-16(6-8-17)10-11-3-4-13(15)12(14)9-11/h3-4,9H,2,5-8,10H2,1H3. The van der Waals surface area contributed by atoms with Gasteiger partial charge in [-0.05, 0) is 24.6 Å². The van der Waals surface area contributed by atoms with Gasteiger partial charge in [0.15, 0.2) is 0 Å². The lowest BCUT2D eigenvalue weighted by molar-refractivity contribution is 0.181. The Morgan fingerprint density at radius 2 is 1.90 bits per heavy atom. The Hall–Kier alpha value is -0.690. The van der Waals surface area contributed by atoms with E-state index in [0.29, 0.717) is 32.7 Å². The van der Waals surface area contributed by atoms with Gasteiger partial charge in [0.2, 0.25) is 10.0 Å². The van der Waals surface area contributed by atoms with E-state index in [-0.39, 0.29) is 10.8 Å². The van der Waals surface area contributed by atoms with E-state index in [2.05, 4.69) is 4.90 Å². The molecule has 1 fully saturated rings. The zero-order valence-electron chi connectivity index (χ0n) is 11.3. The molecule has 1 aromatic rings. The molecule has 0 spiro atoms. The summed E-state index contributed by atoms with van der Waals surface area (Å²) >= 11 is 5.75. The molecule has 1 aliphatic rings. The molecule has 0 atom stereocenters. The Balaban J connectivity index is 1.93. The molecule has 1 heterocycles. The van der Waals surface area contributed by atoms with Gasteiger partial charge in [0, 0.05) is 32.7 Å². The van der Waals surface area contributed by atoms with Crippen LogP contribution in [-0.4, -0.2) is 49.6 Å². The molecule has 0 N–H and O–H groups in total. The van der Waals surface area contributed by atoms with Crippen molar-refractivity contribution in [3.8, 4) is 0 Å². The van der Waals surface area contributed by atoms with E-state index in [1.165, 1.54) is 10.4 Å². The van der Waals surface area contributed by atoms with Crippen molar-refractivity contribution < 1.29 is 12.8 Å². The molecule has 0 amide bonds. The average molecular weight is 321 g/mol. The second-order valence-corrected chi connectivity index (χ2v) is 7.49. The van der Waals surface area contributed by atoms with Crippen molar-refractivity contribution in [2.75, 3.05) is 31.9 Å². The van der Waals surface area contributed by atoms with Crippen LogP contribution in [0.3, 0.4) is 0 Å². The van der Waals surface area contributed by atoms with E-state index in [0.717, 1.165) is 5.56 Å². The first-order valence-corrected chi connectivity index (χ1v) is 8.55. The first-order chi connectivity index (χ1) is 9.42. The smallest absolute Gasteiger partial charge is 0.213 e. The van der Waals surface area contributed by atoms with Crippen LogP contribution < -0.4 is 0 Å². The molecule has 112 valence electrons. The average Bonchev–Trinajstić information content (AvgIpc) is 2.43. The third-order valence-electron chi connectivity index (χ3n) is 3.48. The summed E-state index contributed by atoms with van der Waals surface area (Å²) in [5.74, 6) is -0.283. The Morgan fingerprint density at radius 3 is 2.45 bits per heavy atom. The summed E-state index contributed by atoms with van der Waals surface area (Å²) in [6, 6.07) is 4.68. The summed E-state index contributed by atoms with van der Waals surface area (Å²) in [6.45, 7) is 4.67. The maximum Gasteiger partial charge on any atom is 0.213 e. The third-order valence-corrected chi connectivity index (χ3v) is 5.65. The van der Waals surface area contributed by atoms with Crippen LogP contribution in [0.15, 0.2) is 18.2 Å². The SMILES string of the molecule is CCS(=O)(=O)N1CCN(Cc2ccc(F)c(Cl)c2)CC1. The summed E-state index contributed by atoms with van der Waals surface area (Å²) in [7, 11) is -3.09. The molecule has 4 nitrogen and oxygen atoms in total. The summed E-state index contributed by atoms with van der Waals surface area (Å²) in [5, 5.41) is 0.120. The summed E-state index contributed by atoms with van der Waals surface area (Å²) < 4.78 is 38.1. The van der Waals surface area contributed by atoms with E-state index in [4.69, 9.17) is 11.6 Å². The minimum absolute atomic E-state index is 0.120. The molecular formula is C13H18ClFN2O2S. The Morgan fingerprint density at radius 1 is 1.25 bits per heavy atom. The minimum atomic E-state index is -3.09. The maximum absolute atomic E-state index is 13.1. The molecule has 20 heavy (non-hydrogen) atoms. The Bertz CT molecular complexity index is 572. The van der Waals surface area contributed by atoms with Crippen LogP contribution in [0.25, 0.3) is 0 Å². The number of rotatable bonds is 4. The highest BCUT2D eigenvalue weighted by molar-refractivity contribution is 7.89. The molecule has 1 aliphatic heterocycles. The van der Waals surface area contributed by atoms with E-state index >= 15 is 0 Å². The molecule has 2 rings (SSSR count). The molecule has 0 radical (unpaired) electrons. The second kappa shape index (κ2) is 6.39. The van der Waals surface area contributed by atoms with Crippen molar-refractivity contribution in [3.05, 3.63) is 34.6 Å².